The van der Waals surface area contributed by atoms with Crippen molar-refractivity contribution in [3.8, 4) is 0 Å². The second kappa shape index (κ2) is 10.8. The minimum atomic E-state index is -0.174. The molecule has 2 N–H and O–H groups in total. The first-order valence-electron chi connectivity index (χ1n) is 10.6. The molecule has 1 saturated heterocycles. The third-order valence-electron chi connectivity index (χ3n) is 5.02. The molecule has 0 aliphatic carbocycles. The zero-order chi connectivity index (χ0) is 21.3. The molecule has 0 radical (unpaired) electrons. The van der Waals surface area contributed by atoms with E-state index in [2.05, 4.69) is 32.5 Å². The van der Waals surface area contributed by atoms with Gasteiger partial charge >= 0.3 is 0 Å². The number of carbonyl (C=O) groups is 1. The van der Waals surface area contributed by atoms with Crippen LogP contribution in [0.5, 0.6) is 0 Å². The van der Waals surface area contributed by atoms with Gasteiger partial charge in [0.05, 0.1) is 12.0 Å². The lowest BCUT2D eigenvalue weighted by Crippen LogP contribution is -2.52. The van der Waals surface area contributed by atoms with Crippen LogP contribution in [-0.4, -0.2) is 72.6 Å². The van der Waals surface area contributed by atoms with Gasteiger partial charge in [-0.25, -0.2) is 0 Å². The van der Waals surface area contributed by atoms with E-state index >= 15 is 0 Å². The summed E-state index contributed by atoms with van der Waals surface area (Å²) < 4.78 is 10.4. The molecule has 1 aliphatic rings. The third-order valence-corrected chi connectivity index (χ3v) is 5.02. The van der Waals surface area contributed by atoms with Crippen LogP contribution < -0.4 is 10.6 Å². The van der Waals surface area contributed by atoms with E-state index in [4.69, 9.17) is 13.9 Å². The second-order valence-electron chi connectivity index (χ2n) is 7.47. The highest BCUT2D eigenvalue weighted by molar-refractivity contribution is 5.92. The second-order valence-corrected chi connectivity index (χ2v) is 7.47. The van der Waals surface area contributed by atoms with Crippen LogP contribution in [0.25, 0.3) is 0 Å². The minimum Gasteiger partial charge on any atom is -0.459 e. The van der Waals surface area contributed by atoms with Crippen molar-refractivity contribution in [3.05, 3.63) is 41.2 Å². The van der Waals surface area contributed by atoms with Crippen LogP contribution in [0.15, 0.2) is 32.3 Å². The van der Waals surface area contributed by atoms with E-state index in [1.54, 1.807) is 6.07 Å². The summed E-state index contributed by atoms with van der Waals surface area (Å²) in [4.78, 5) is 21.5. The van der Waals surface area contributed by atoms with Crippen molar-refractivity contribution in [2.45, 2.75) is 33.7 Å². The van der Waals surface area contributed by atoms with Crippen LogP contribution in [0.2, 0.25) is 0 Å². The van der Waals surface area contributed by atoms with Crippen molar-refractivity contribution in [1.29, 1.82) is 0 Å². The number of aromatic nitrogens is 1. The Labute approximate surface area is 177 Å². The van der Waals surface area contributed by atoms with Gasteiger partial charge in [-0.15, -0.1) is 0 Å². The molecular formula is C21H32N6O3. The van der Waals surface area contributed by atoms with Crippen LogP contribution in [0.3, 0.4) is 0 Å². The van der Waals surface area contributed by atoms with E-state index < -0.39 is 0 Å². The van der Waals surface area contributed by atoms with Crippen molar-refractivity contribution in [2.75, 3.05) is 45.8 Å². The number of carbonyl (C=O) groups excluding carboxylic acids is 1. The van der Waals surface area contributed by atoms with E-state index in [-0.39, 0.29) is 5.91 Å². The summed E-state index contributed by atoms with van der Waals surface area (Å²) >= 11 is 0. The summed E-state index contributed by atoms with van der Waals surface area (Å²) in [5, 5.41) is 10.3. The van der Waals surface area contributed by atoms with E-state index in [1.807, 2.05) is 19.9 Å². The molecule has 9 nitrogen and oxygen atoms in total. The van der Waals surface area contributed by atoms with Gasteiger partial charge in [0.25, 0.3) is 5.91 Å². The number of guanidine groups is 1. The van der Waals surface area contributed by atoms with Crippen LogP contribution in [0, 0.1) is 13.8 Å². The predicted octanol–water partition coefficient (Wildman–Crippen LogP) is 1.79. The van der Waals surface area contributed by atoms with Crippen molar-refractivity contribution in [3.63, 3.8) is 0 Å². The summed E-state index contributed by atoms with van der Waals surface area (Å²) in [5.74, 6) is 1.99. The molecule has 2 aromatic heterocycles. The fourth-order valence-electron chi connectivity index (χ4n) is 3.42. The molecule has 164 valence electrons. The fourth-order valence-corrected chi connectivity index (χ4v) is 3.42. The first kappa shape index (κ1) is 21.9. The zero-order valence-corrected chi connectivity index (χ0v) is 18.1. The standard InChI is InChI=1S/C21H32N6O3/c1-4-22-21(24-8-5-7-23-20(28)19-16(2)6-13-29-19)27-11-9-26(10-12-27)15-18-14-17(3)30-25-18/h6,13-14H,4-5,7-12,15H2,1-3H3,(H,22,24)(H,23,28). The molecule has 0 saturated carbocycles. The molecule has 1 amide bonds. The first-order chi connectivity index (χ1) is 14.6. The number of aliphatic imine (C=N–C) groups is 1. The molecule has 30 heavy (non-hydrogen) atoms. The van der Waals surface area contributed by atoms with Crippen LogP contribution in [-0.2, 0) is 6.54 Å². The third kappa shape index (κ3) is 6.09. The van der Waals surface area contributed by atoms with Gasteiger partial charge in [-0.3, -0.25) is 14.7 Å². The molecule has 1 fully saturated rings. The molecule has 3 rings (SSSR count). The summed E-state index contributed by atoms with van der Waals surface area (Å²) in [6, 6.07) is 3.78. The highest BCUT2D eigenvalue weighted by atomic mass is 16.5. The molecule has 1 aliphatic heterocycles. The topological polar surface area (TPSA) is 99.1 Å². The van der Waals surface area contributed by atoms with Crippen molar-refractivity contribution < 1.29 is 13.7 Å². The number of nitrogens with zero attached hydrogens (tertiary/aromatic N) is 4. The Morgan fingerprint density at radius 2 is 2.03 bits per heavy atom. The number of rotatable bonds is 8. The maximum atomic E-state index is 12.1. The van der Waals surface area contributed by atoms with Gasteiger partial charge in [-0.2, -0.15) is 0 Å². The smallest absolute Gasteiger partial charge is 0.287 e. The normalized spacial score (nSPS) is 15.4. The van der Waals surface area contributed by atoms with Gasteiger partial charge in [-0.1, -0.05) is 5.16 Å². The van der Waals surface area contributed by atoms with Crippen molar-refractivity contribution >= 4 is 11.9 Å². The molecular weight excluding hydrogens is 384 g/mol. The SMILES string of the molecule is CCNC(=NCCCNC(=O)c1occc1C)N1CCN(Cc2cc(C)on2)CC1. The number of piperazine rings is 1. The highest BCUT2D eigenvalue weighted by Gasteiger charge is 2.20. The number of hydrogen-bond acceptors (Lipinski definition) is 6. The van der Waals surface area contributed by atoms with Crippen LogP contribution in [0.1, 0.15) is 40.9 Å². The van der Waals surface area contributed by atoms with Gasteiger partial charge < -0.3 is 24.5 Å². The number of nitrogens with one attached hydrogen (secondary N) is 2. The number of aryl methyl sites for hydroxylation is 2. The van der Waals surface area contributed by atoms with Crippen molar-refractivity contribution in [2.24, 2.45) is 4.99 Å². The lowest BCUT2D eigenvalue weighted by molar-refractivity contribution is 0.0925. The maximum absolute atomic E-state index is 12.1. The Hall–Kier alpha value is -2.81. The molecule has 0 bridgehead atoms. The predicted molar refractivity (Wildman–Crippen MR) is 114 cm³/mol. The van der Waals surface area contributed by atoms with Gasteiger partial charge in [-0.05, 0) is 33.3 Å². The zero-order valence-electron chi connectivity index (χ0n) is 18.1. The first-order valence-corrected chi connectivity index (χ1v) is 10.6. The summed E-state index contributed by atoms with van der Waals surface area (Å²) in [7, 11) is 0. The Morgan fingerprint density at radius 3 is 2.67 bits per heavy atom. The average molecular weight is 417 g/mol. The number of amides is 1. The number of hydrogen-bond donors (Lipinski definition) is 2. The fraction of sp³-hybridized carbons (Fsp3) is 0.571. The molecule has 0 spiro atoms. The monoisotopic (exact) mass is 416 g/mol. The molecule has 0 atom stereocenters. The average Bonchev–Trinajstić information content (AvgIpc) is 3.35. The van der Waals surface area contributed by atoms with Gasteiger partial charge in [0, 0.05) is 64.0 Å². The Morgan fingerprint density at radius 1 is 1.23 bits per heavy atom. The summed E-state index contributed by atoms with van der Waals surface area (Å²) in [6.07, 6.45) is 2.30. The lowest BCUT2D eigenvalue weighted by atomic mass is 10.2. The summed E-state index contributed by atoms with van der Waals surface area (Å²) in [6.45, 7) is 12.4. The lowest BCUT2D eigenvalue weighted by Gasteiger charge is -2.36. The highest BCUT2D eigenvalue weighted by Crippen LogP contribution is 2.10. The Balaban J connectivity index is 1.41. The number of furan rings is 1. The molecule has 2 aromatic rings. The van der Waals surface area contributed by atoms with Gasteiger partial charge in [0.15, 0.2) is 11.7 Å². The molecule has 0 unspecified atom stereocenters. The van der Waals surface area contributed by atoms with E-state index in [0.29, 0.717) is 18.8 Å². The maximum Gasteiger partial charge on any atom is 0.287 e. The quantitative estimate of drug-likeness (QED) is 0.384. The van der Waals surface area contributed by atoms with Crippen LogP contribution >= 0.6 is 0 Å². The Bertz CT molecular complexity index is 835. The van der Waals surface area contributed by atoms with Crippen molar-refractivity contribution in [1.82, 2.24) is 25.6 Å². The van der Waals surface area contributed by atoms with E-state index in [0.717, 1.165) is 68.7 Å². The van der Waals surface area contributed by atoms with Crippen LogP contribution in [0.4, 0.5) is 0 Å². The Kier molecular flexibility index (Phi) is 7.89. The molecule has 0 aromatic carbocycles. The largest absolute Gasteiger partial charge is 0.459 e. The minimum absolute atomic E-state index is 0.174. The van der Waals surface area contributed by atoms with E-state index in [1.165, 1.54) is 6.26 Å². The molecule has 3 heterocycles. The van der Waals surface area contributed by atoms with Gasteiger partial charge in [0.1, 0.15) is 5.76 Å². The summed E-state index contributed by atoms with van der Waals surface area (Å²) in [5.41, 5.74) is 1.83. The molecule has 9 heteroatoms. The van der Waals surface area contributed by atoms with Gasteiger partial charge in [0.2, 0.25) is 0 Å². The van der Waals surface area contributed by atoms with E-state index in [9.17, 15) is 4.79 Å².